The lowest BCUT2D eigenvalue weighted by Crippen LogP contribution is -2.50. The second-order valence-electron chi connectivity index (χ2n) is 9.27. The molecule has 6 nitrogen and oxygen atoms in total. The monoisotopic (exact) mass is 439 g/mol. The first-order valence-corrected chi connectivity index (χ1v) is 11.1. The fourth-order valence-electron chi connectivity index (χ4n) is 3.02. The van der Waals surface area contributed by atoms with Crippen LogP contribution in [-0.4, -0.2) is 43.8 Å². The van der Waals surface area contributed by atoms with E-state index in [1.165, 1.54) is 11.8 Å². The van der Waals surface area contributed by atoms with Gasteiger partial charge < -0.3 is 19.5 Å². The van der Waals surface area contributed by atoms with Crippen molar-refractivity contribution in [2.24, 2.45) is 5.41 Å². The molecule has 0 heterocycles. The highest BCUT2D eigenvalue weighted by Gasteiger charge is 2.32. The van der Waals surface area contributed by atoms with E-state index in [4.69, 9.17) is 14.2 Å². The Hall–Kier alpha value is -1.73. The van der Waals surface area contributed by atoms with Gasteiger partial charge in [0, 0.05) is 40.8 Å². The highest BCUT2D eigenvalue weighted by Crippen LogP contribution is 2.37. The molecule has 0 aromatic heterocycles. The lowest BCUT2D eigenvalue weighted by Gasteiger charge is -2.31. The third-order valence-corrected chi connectivity index (χ3v) is 5.45. The van der Waals surface area contributed by atoms with E-state index in [9.17, 15) is 9.59 Å². The number of benzene rings is 1. The van der Waals surface area contributed by atoms with Gasteiger partial charge in [-0.05, 0) is 27.2 Å². The Labute approximate surface area is 185 Å². The predicted octanol–water partition coefficient (Wildman–Crippen LogP) is 4.62. The standard InChI is InChI=1S/C23H37NO5S/c1-22(2,3)21(26)17(24-23(4,5)6)10-11-20(25)30-14-16-18(28-8)12-15(27-7)13-19(16)29-9/h12-13,17,24H,10-11,14H2,1-9H3/t17-/m0/s1. The van der Waals surface area contributed by atoms with E-state index < -0.39 is 5.41 Å². The number of nitrogens with one attached hydrogen (secondary N) is 1. The average molecular weight is 440 g/mol. The molecule has 1 N–H and O–H groups in total. The molecule has 1 atom stereocenters. The van der Waals surface area contributed by atoms with E-state index >= 15 is 0 Å². The molecule has 0 aliphatic heterocycles. The molecule has 0 unspecified atom stereocenters. The molecule has 30 heavy (non-hydrogen) atoms. The number of thioether (sulfide) groups is 1. The number of methoxy groups -OCH3 is 3. The summed E-state index contributed by atoms with van der Waals surface area (Å²) in [5.74, 6) is 2.39. The van der Waals surface area contributed by atoms with Gasteiger partial charge in [-0.2, -0.15) is 0 Å². The summed E-state index contributed by atoms with van der Waals surface area (Å²) in [7, 11) is 4.73. The number of hydrogen-bond donors (Lipinski definition) is 1. The van der Waals surface area contributed by atoms with Crippen molar-refractivity contribution in [1.29, 1.82) is 0 Å². The van der Waals surface area contributed by atoms with Crippen LogP contribution in [0.1, 0.15) is 59.9 Å². The van der Waals surface area contributed by atoms with E-state index in [1.807, 2.05) is 41.5 Å². The zero-order chi connectivity index (χ0) is 23.1. The second kappa shape index (κ2) is 11.0. The van der Waals surface area contributed by atoms with E-state index in [1.54, 1.807) is 33.5 Å². The molecule has 7 heteroatoms. The topological polar surface area (TPSA) is 73.9 Å². The van der Waals surface area contributed by atoms with Crippen LogP contribution in [0.4, 0.5) is 0 Å². The van der Waals surface area contributed by atoms with Crippen molar-refractivity contribution in [3.63, 3.8) is 0 Å². The highest BCUT2D eigenvalue weighted by molar-refractivity contribution is 8.12. The van der Waals surface area contributed by atoms with Crippen LogP contribution in [0.3, 0.4) is 0 Å². The lowest BCUT2D eigenvalue weighted by atomic mass is 9.84. The van der Waals surface area contributed by atoms with Crippen molar-refractivity contribution in [1.82, 2.24) is 5.32 Å². The van der Waals surface area contributed by atoms with Crippen LogP contribution < -0.4 is 19.5 Å². The summed E-state index contributed by atoms with van der Waals surface area (Å²) < 4.78 is 16.2. The number of carbonyl (C=O) groups excluding carboxylic acids is 2. The molecule has 1 rings (SSSR count). The maximum absolute atomic E-state index is 12.8. The van der Waals surface area contributed by atoms with Crippen LogP contribution in [0.2, 0.25) is 0 Å². The van der Waals surface area contributed by atoms with E-state index in [0.717, 1.165) is 5.56 Å². The quantitative estimate of drug-likeness (QED) is 0.570. The third kappa shape index (κ3) is 8.19. The first kappa shape index (κ1) is 26.3. The number of carbonyl (C=O) groups is 2. The van der Waals surface area contributed by atoms with Gasteiger partial charge in [-0.3, -0.25) is 9.59 Å². The van der Waals surface area contributed by atoms with E-state index in [2.05, 4.69) is 5.32 Å². The van der Waals surface area contributed by atoms with Gasteiger partial charge in [-0.25, -0.2) is 0 Å². The number of rotatable bonds is 10. The van der Waals surface area contributed by atoms with Crippen molar-refractivity contribution in [2.75, 3.05) is 21.3 Å². The van der Waals surface area contributed by atoms with Crippen LogP contribution in [0.15, 0.2) is 12.1 Å². The molecule has 0 bridgehead atoms. The van der Waals surface area contributed by atoms with Crippen LogP contribution in [-0.2, 0) is 15.3 Å². The first-order valence-electron chi connectivity index (χ1n) is 10.1. The van der Waals surface area contributed by atoms with Gasteiger partial charge in [-0.1, -0.05) is 32.5 Å². The fourth-order valence-corrected chi connectivity index (χ4v) is 3.87. The van der Waals surface area contributed by atoms with E-state index in [-0.39, 0.29) is 22.5 Å². The summed E-state index contributed by atoms with van der Waals surface area (Å²) in [4.78, 5) is 25.4. The molecule has 0 aliphatic rings. The molecular weight excluding hydrogens is 402 g/mol. The van der Waals surface area contributed by atoms with E-state index in [0.29, 0.717) is 35.8 Å². The number of hydrogen-bond acceptors (Lipinski definition) is 7. The van der Waals surface area contributed by atoms with Crippen LogP contribution in [0.25, 0.3) is 0 Å². The van der Waals surface area contributed by atoms with Crippen molar-refractivity contribution in [3.8, 4) is 17.2 Å². The second-order valence-corrected chi connectivity index (χ2v) is 10.3. The van der Waals surface area contributed by atoms with Gasteiger partial charge in [0.15, 0.2) is 10.9 Å². The van der Waals surface area contributed by atoms with Crippen molar-refractivity contribution < 1.29 is 23.8 Å². The SMILES string of the molecule is COc1cc(OC)c(CSC(=O)CC[C@H](NC(C)(C)C)C(=O)C(C)(C)C)c(OC)c1. The van der Waals surface area contributed by atoms with Crippen molar-refractivity contribution in [2.45, 2.75) is 71.7 Å². The Kier molecular flexibility index (Phi) is 9.69. The van der Waals surface area contributed by atoms with Gasteiger partial charge in [0.25, 0.3) is 0 Å². The Morgan fingerprint density at radius 2 is 1.50 bits per heavy atom. The van der Waals surface area contributed by atoms with Gasteiger partial charge in [0.1, 0.15) is 17.2 Å². The molecule has 0 radical (unpaired) electrons. The maximum Gasteiger partial charge on any atom is 0.189 e. The van der Waals surface area contributed by atoms with Crippen LogP contribution >= 0.6 is 11.8 Å². The smallest absolute Gasteiger partial charge is 0.189 e. The summed E-state index contributed by atoms with van der Waals surface area (Å²) in [6.45, 7) is 11.8. The van der Waals surface area contributed by atoms with Gasteiger partial charge in [0.2, 0.25) is 0 Å². The van der Waals surface area contributed by atoms with Gasteiger partial charge in [-0.15, -0.1) is 0 Å². The highest BCUT2D eigenvalue weighted by atomic mass is 32.2. The molecule has 170 valence electrons. The summed E-state index contributed by atoms with van der Waals surface area (Å²) >= 11 is 1.20. The fraction of sp³-hybridized carbons (Fsp3) is 0.652. The zero-order valence-electron chi connectivity index (χ0n) is 19.8. The minimum absolute atomic E-state index is 0.0253. The van der Waals surface area contributed by atoms with Crippen molar-refractivity contribution >= 4 is 22.7 Å². The third-order valence-electron chi connectivity index (χ3n) is 4.49. The largest absolute Gasteiger partial charge is 0.496 e. The molecule has 1 aromatic rings. The number of ether oxygens (including phenoxy) is 3. The Balaban J connectivity index is 2.83. The minimum Gasteiger partial charge on any atom is -0.496 e. The molecule has 0 amide bonds. The molecule has 0 aliphatic carbocycles. The molecule has 0 fully saturated rings. The predicted molar refractivity (Wildman–Crippen MR) is 123 cm³/mol. The van der Waals surface area contributed by atoms with Crippen LogP contribution in [0, 0.1) is 5.41 Å². The van der Waals surface area contributed by atoms with Gasteiger partial charge in [0.05, 0.1) is 27.4 Å². The summed E-state index contributed by atoms with van der Waals surface area (Å²) in [6, 6.07) is 3.18. The Morgan fingerprint density at radius 3 is 1.90 bits per heavy atom. The maximum atomic E-state index is 12.8. The summed E-state index contributed by atoms with van der Waals surface area (Å²) in [5, 5.41) is 3.40. The average Bonchev–Trinajstić information content (AvgIpc) is 2.66. The van der Waals surface area contributed by atoms with Gasteiger partial charge >= 0.3 is 0 Å². The Morgan fingerprint density at radius 1 is 0.967 bits per heavy atom. The zero-order valence-corrected chi connectivity index (χ0v) is 20.6. The first-order chi connectivity index (χ1) is 13.8. The number of Topliss-reactive ketones (excluding diaryl/α,β-unsaturated/α-hetero) is 1. The lowest BCUT2D eigenvalue weighted by molar-refractivity contribution is -0.129. The molecule has 1 aromatic carbocycles. The normalized spacial score (nSPS) is 13.0. The molecule has 0 spiro atoms. The summed E-state index contributed by atoms with van der Waals surface area (Å²) in [6.07, 6.45) is 0.775. The van der Waals surface area contributed by atoms with Crippen molar-refractivity contribution in [3.05, 3.63) is 17.7 Å². The van der Waals surface area contributed by atoms with Crippen LogP contribution in [0.5, 0.6) is 17.2 Å². The molecule has 0 saturated heterocycles. The minimum atomic E-state index is -0.469. The molecular formula is C23H37NO5S. The number of ketones is 1. The molecule has 0 saturated carbocycles. The summed E-state index contributed by atoms with van der Waals surface area (Å²) in [5.41, 5.74) is 0.114. The Bertz CT molecular complexity index is 709.